The summed E-state index contributed by atoms with van der Waals surface area (Å²) in [5, 5.41) is 4.91. The molecule has 150 valence electrons. The number of carbonyl (C=O) groups is 3. The van der Waals surface area contributed by atoms with Crippen molar-refractivity contribution in [1.82, 2.24) is 15.2 Å². The van der Waals surface area contributed by atoms with E-state index in [4.69, 9.17) is 9.15 Å². The molecule has 2 heterocycles. The molecule has 0 unspecified atom stereocenters. The number of nitrogens with zero attached hydrogens (tertiary/aromatic N) is 2. The average molecular weight is 413 g/mol. The molecule has 0 aliphatic carbocycles. The molecule has 2 amide bonds. The van der Waals surface area contributed by atoms with E-state index < -0.39 is 18.5 Å². The zero-order chi connectivity index (χ0) is 20.6. The van der Waals surface area contributed by atoms with E-state index in [2.05, 4.69) is 10.3 Å². The first-order chi connectivity index (χ1) is 14.0. The van der Waals surface area contributed by atoms with E-state index in [-0.39, 0.29) is 24.7 Å². The van der Waals surface area contributed by atoms with Gasteiger partial charge in [-0.05, 0) is 12.1 Å². The Morgan fingerprint density at radius 1 is 1.17 bits per heavy atom. The van der Waals surface area contributed by atoms with Gasteiger partial charge in [-0.25, -0.2) is 9.78 Å². The van der Waals surface area contributed by atoms with Gasteiger partial charge in [-0.2, -0.15) is 0 Å². The highest BCUT2D eigenvalue weighted by molar-refractivity contribution is 7.13. The summed E-state index contributed by atoms with van der Waals surface area (Å²) in [4.78, 5) is 41.6. The predicted octanol–water partition coefficient (Wildman–Crippen LogP) is 2.33. The molecular formula is C20H19N3O5S. The zero-order valence-electron chi connectivity index (χ0n) is 15.7. The van der Waals surface area contributed by atoms with E-state index in [9.17, 15) is 14.4 Å². The van der Waals surface area contributed by atoms with Gasteiger partial charge in [0.15, 0.2) is 12.3 Å². The van der Waals surface area contributed by atoms with Crippen LogP contribution in [0, 0.1) is 0 Å². The van der Waals surface area contributed by atoms with Gasteiger partial charge >= 0.3 is 5.97 Å². The maximum atomic E-state index is 12.1. The fraction of sp³-hybridized carbons (Fsp3) is 0.200. The number of esters is 1. The molecule has 0 bridgehead atoms. The number of rotatable bonds is 8. The van der Waals surface area contributed by atoms with Crippen molar-refractivity contribution in [2.24, 2.45) is 0 Å². The molecular weight excluding hydrogens is 394 g/mol. The lowest BCUT2D eigenvalue weighted by molar-refractivity contribution is -0.137. The SMILES string of the molecule is CN(CC(=O)NCc1ccco1)C(=O)COC(=O)c1csc(-c2ccccc2)n1. The van der Waals surface area contributed by atoms with Crippen molar-refractivity contribution in [2.75, 3.05) is 20.2 Å². The first-order valence-electron chi connectivity index (χ1n) is 8.74. The first kappa shape index (κ1) is 20.3. The minimum Gasteiger partial charge on any atom is -0.467 e. The van der Waals surface area contributed by atoms with Crippen LogP contribution in [0.4, 0.5) is 0 Å². The summed E-state index contributed by atoms with van der Waals surface area (Å²) in [5.74, 6) is -0.924. The van der Waals surface area contributed by atoms with Gasteiger partial charge in [-0.1, -0.05) is 30.3 Å². The molecule has 2 aromatic heterocycles. The molecule has 0 spiro atoms. The maximum Gasteiger partial charge on any atom is 0.358 e. The van der Waals surface area contributed by atoms with Crippen molar-refractivity contribution in [2.45, 2.75) is 6.54 Å². The van der Waals surface area contributed by atoms with Crippen LogP contribution in [0.15, 0.2) is 58.5 Å². The Morgan fingerprint density at radius 3 is 2.69 bits per heavy atom. The number of nitrogens with one attached hydrogen (secondary N) is 1. The third kappa shape index (κ3) is 5.76. The Bertz CT molecular complexity index is 969. The third-order valence-corrected chi connectivity index (χ3v) is 4.80. The second-order valence-electron chi connectivity index (χ2n) is 6.09. The molecule has 0 fully saturated rings. The second-order valence-corrected chi connectivity index (χ2v) is 6.94. The number of aromatic nitrogens is 1. The number of furan rings is 1. The number of hydrogen-bond acceptors (Lipinski definition) is 7. The molecule has 29 heavy (non-hydrogen) atoms. The van der Waals surface area contributed by atoms with E-state index in [1.165, 1.54) is 29.5 Å². The largest absolute Gasteiger partial charge is 0.467 e. The maximum absolute atomic E-state index is 12.1. The molecule has 0 radical (unpaired) electrons. The summed E-state index contributed by atoms with van der Waals surface area (Å²) in [6.07, 6.45) is 1.51. The first-order valence-corrected chi connectivity index (χ1v) is 9.62. The van der Waals surface area contributed by atoms with Crippen LogP contribution in [0.3, 0.4) is 0 Å². The number of thiazole rings is 1. The van der Waals surface area contributed by atoms with E-state index in [1.54, 1.807) is 17.5 Å². The number of hydrogen-bond donors (Lipinski definition) is 1. The van der Waals surface area contributed by atoms with Crippen LogP contribution in [0.1, 0.15) is 16.2 Å². The Labute approximate surface area is 171 Å². The van der Waals surface area contributed by atoms with E-state index >= 15 is 0 Å². The summed E-state index contributed by atoms with van der Waals surface area (Å²) < 4.78 is 10.1. The van der Waals surface area contributed by atoms with Gasteiger partial charge in [0.1, 0.15) is 10.8 Å². The summed E-state index contributed by atoms with van der Waals surface area (Å²) in [6, 6.07) is 12.9. The van der Waals surface area contributed by atoms with Gasteiger partial charge in [0, 0.05) is 18.0 Å². The number of benzene rings is 1. The van der Waals surface area contributed by atoms with Gasteiger partial charge < -0.3 is 19.4 Å². The molecule has 0 aliphatic heterocycles. The lowest BCUT2D eigenvalue weighted by Gasteiger charge is -2.16. The van der Waals surface area contributed by atoms with Crippen molar-refractivity contribution >= 4 is 29.1 Å². The topological polar surface area (TPSA) is 102 Å². The van der Waals surface area contributed by atoms with E-state index in [1.807, 2.05) is 30.3 Å². The summed E-state index contributed by atoms with van der Waals surface area (Å²) in [5.41, 5.74) is 1.04. The van der Waals surface area contributed by atoms with Gasteiger partial charge in [0.05, 0.1) is 19.4 Å². The fourth-order valence-corrected chi connectivity index (χ4v) is 3.15. The van der Waals surface area contributed by atoms with Gasteiger partial charge in [-0.3, -0.25) is 9.59 Å². The van der Waals surface area contributed by atoms with Gasteiger partial charge in [-0.15, -0.1) is 11.3 Å². The van der Waals surface area contributed by atoms with Gasteiger partial charge in [0.25, 0.3) is 5.91 Å². The zero-order valence-corrected chi connectivity index (χ0v) is 16.5. The van der Waals surface area contributed by atoms with Crippen molar-refractivity contribution in [3.8, 4) is 10.6 Å². The van der Waals surface area contributed by atoms with E-state index in [0.29, 0.717) is 10.8 Å². The van der Waals surface area contributed by atoms with Crippen LogP contribution >= 0.6 is 11.3 Å². The minimum absolute atomic E-state index is 0.139. The molecule has 3 aromatic rings. The molecule has 1 aromatic carbocycles. The standard InChI is InChI=1S/C20H19N3O5S/c1-23(11-17(24)21-10-15-8-5-9-27-15)18(25)12-28-20(26)16-13-29-19(22-16)14-6-3-2-4-7-14/h2-9,13H,10-12H2,1H3,(H,21,24). The molecule has 3 rings (SSSR count). The van der Waals surface area contributed by atoms with Crippen molar-refractivity contribution in [3.63, 3.8) is 0 Å². The van der Waals surface area contributed by atoms with Crippen molar-refractivity contribution in [3.05, 3.63) is 65.6 Å². The quantitative estimate of drug-likeness (QED) is 0.569. The smallest absolute Gasteiger partial charge is 0.358 e. The highest BCUT2D eigenvalue weighted by Gasteiger charge is 2.18. The molecule has 9 heteroatoms. The van der Waals surface area contributed by atoms with Gasteiger partial charge in [0.2, 0.25) is 5.91 Å². The second kappa shape index (κ2) is 9.65. The normalized spacial score (nSPS) is 10.4. The number of carbonyl (C=O) groups excluding carboxylic acids is 3. The average Bonchev–Trinajstić information content (AvgIpc) is 3.43. The fourth-order valence-electron chi connectivity index (χ4n) is 2.35. The van der Waals surface area contributed by atoms with Crippen molar-refractivity contribution in [1.29, 1.82) is 0 Å². The van der Waals surface area contributed by atoms with Crippen LogP contribution in [0.5, 0.6) is 0 Å². The summed E-state index contributed by atoms with van der Waals surface area (Å²) in [6.45, 7) is -0.401. The Kier molecular flexibility index (Phi) is 6.75. The van der Waals surface area contributed by atoms with E-state index in [0.717, 1.165) is 5.56 Å². The predicted molar refractivity (Wildman–Crippen MR) is 106 cm³/mol. The monoisotopic (exact) mass is 413 g/mol. The number of amides is 2. The van der Waals surface area contributed by atoms with Crippen LogP contribution < -0.4 is 5.32 Å². The number of likely N-dealkylation sites (N-methyl/N-ethyl adjacent to an activating group) is 1. The Morgan fingerprint density at radius 2 is 1.97 bits per heavy atom. The molecule has 0 saturated carbocycles. The van der Waals surface area contributed by atoms with Crippen LogP contribution in [-0.4, -0.2) is 47.9 Å². The minimum atomic E-state index is -0.688. The Hall–Kier alpha value is -3.46. The van der Waals surface area contributed by atoms with Crippen LogP contribution in [0.2, 0.25) is 0 Å². The summed E-state index contributed by atoms with van der Waals surface area (Å²) >= 11 is 1.32. The third-order valence-electron chi connectivity index (χ3n) is 3.91. The van der Waals surface area contributed by atoms with Crippen LogP contribution in [-0.2, 0) is 20.9 Å². The molecule has 1 N–H and O–H groups in total. The molecule has 0 saturated heterocycles. The Balaban J connectivity index is 1.44. The highest BCUT2D eigenvalue weighted by Crippen LogP contribution is 2.23. The highest BCUT2D eigenvalue weighted by atomic mass is 32.1. The number of ether oxygens (including phenoxy) is 1. The van der Waals surface area contributed by atoms with Crippen LogP contribution in [0.25, 0.3) is 10.6 Å². The molecule has 0 aliphatic rings. The summed E-state index contributed by atoms with van der Waals surface area (Å²) in [7, 11) is 1.46. The molecule has 0 atom stereocenters. The lowest BCUT2D eigenvalue weighted by atomic mass is 10.2. The lowest BCUT2D eigenvalue weighted by Crippen LogP contribution is -2.39. The molecule has 8 nitrogen and oxygen atoms in total. The van der Waals surface area contributed by atoms with Crippen molar-refractivity contribution < 1.29 is 23.5 Å².